The number of aromatic nitrogens is 3. The molecule has 1 saturated heterocycles. The molecule has 6 heteroatoms. The molecule has 0 N–H and O–H groups in total. The van der Waals surface area contributed by atoms with Crippen molar-refractivity contribution in [3.8, 4) is 11.4 Å². The maximum absolute atomic E-state index is 5.41. The first-order valence-corrected chi connectivity index (χ1v) is 8.54. The minimum atomic E-state index is 0.611. The van der Waals surface area contributed by atoms with Crippen LogP contribution in [0.4, 0.5) is 5.82 Å². The molecule has 3 aromatic rings. The molecule has 3 heterocycles. The molecule has 1 aliphatic rings. The molecule has 1 aliphatic heterocycles. The summed E-state index contributed by atoms with van der Waals surface area (Å²) in [5, 5.41) is 4.13. The van der Waals surface area contributed by atoms with Gasteiger partial charge in [-0.1, -0.05) is 35.5 Å². The number of anilines is 1. The standard InChI is InChI=1S/C19H20N4O2/c1-2-4-15(5-3-1)6-7-18-21-19(22-25-18)16-8-9-20-17(14-16)23-10-12-24-13-11-23/h1-5,8-9,14H,6-7,10-13H2. The van der Waals surface area contributed by atoms with E-state index in [1.807, 2.05) is 30.3 Å². The first-order valence-electron chi connectivity index (χ1n) is 8.54. The maximum atomic E-state index is 5.41. The van der Waals surface area contributed by atoms with Crippen molar-refractivity contribution < 1.29 is 9.26 Å². The van der Waals surface area contributed by atoms with Gasteiger partial charge in [0.05, 0.1) is 13.2 Å². The molecule has 0 atom stereocenters. The Morgan fingerprint density at radius 1 is 1.00 bits per heavy atom. The van der Waals surface area contributed by atoms with E-state index >= 15 is 0 Å². The van der Waals surface area contributed by atoms with Crippen molar-refractivity contribution in [2.45, 2.75) is 12.8 Å². The second kappa shape index (κ2) is 7.44. The van der Waals surface area contributed by atoms with Gasteiger partial charge in [0.15, 0.2) is 0 Å². The molecule has 0 spiro atoms. The fourth-order valence-corrected chi connectivity index (χ4v) is 2.89. The van der Waals surface area contributed by atoms with Gasteiger partial charge >= 0.3 is 0 Å². The Morgan fingerprint density at radius 2 is 1.84 bits per heavy atom. The van der Waals surface area contributed by atoms with Crippen molar-refractivity contribution in [1.82, 2.24) is 15.1 Å². The van der Waals surface area contributed by atoms with Crippen LogP contribution in [0.25, 0.3) is 11.4 Å². The average molecular weight is 336 g/mol. The van der Waals surface area contributed by atoms with Crippen LogP contribution in [0, 0.1) is 0 Å². The summed E-state index contributed by atoms with van der Waals surface area (Å²) < 4.78 is 10.8. The van der Waals surface area contributed by atoms with Gasteiger partial charge in [-0.25, -0.2) is 4.98 Å². The van der Waals surface area contributed by atoms with Gasteiger partial charge in [0, 0.05) is 31.3 Å². The summed E-state index contributed by atoms with van der Waals surface area (Å²) >= 11 is 0. The van der Waals surface area contributed by atoms with Crippen molar-refractivity contribution in [2.24, 2.45) is 0 Å². The van der Waals surface area contributed by atoms with Crippen LogP contribution in [0.1, 0.15) is 11.5 Å². The fraction of sp³-hybridized carbons (Fsp3) is 0.316. The molecule has 25 heavy (non-hydrogen) atoms. The Kier molecular flexibility index (Phi) is 4.70. The number of nitrogens with zero attached hydrogens (tertiary/aromatic N) is 4. The van der Waals surface area contributed by atoms with Crippen LogP contribution in [-0.2, 0) is 17.6 Å². The van der Waals surface area contributed by atoms with Crippen LogP contribution < -0.4 is 4.90 Å². The third-order valence-corrected chi connectivity index (χ3v) is 4.28. The van der Waals surface area contributed by atoms with Crippen molar-refractivity contribution >= 4 is 5.82 Å². The van der Waals surface area contributed by atoms with E-state index in [1.54, 1.807) is 6.20 Å². The molecule has 1 aromatic carbocycles. The highest BCUT2D eigenvalue weighted by Gasteiger charge is 2.15. The predicted octanol–water partition coefficient (Wildman–Crippen LogP) is 2.75. The third kappa shape index (κ3) is 3.85. The van der Waals surface area contributed by atoms with Gasteiger partial charge in [0.25, 0.3) is 0 Å². The highest BCUT2D eigenvalue weighted by atomic mass is 16.5. The zero-order valence-electron chi connectivity index (χ0n) is 14.0. The van der Waals surface area contributed by atoms with Gasteiger partial charge in [-0.2, -0.15) is 4.98 Å². The smallest absolute Gasteiger partial charge is 0.227 e. The summed E-state index contributed by atoms with van der Waals surface area (Å²) in [7, 11) is 0. The minimum Gasteiger partial charge on any atom is -0.378 e. The summed E-state index contributed by atoms with van der Waals surface area (Å²) in [6, 6.07) is 14.2. The van der Waals surface area contributed by atoms with Crippen LogP contribution in [0.3, 0.4) is 0 Å². The normalized spacial score (nSPS) is 14.6. The van der Waals surface area contributed by atoms with Crippen LogP contribution in [-0.4, -0.2) is 41.4 Å². The molecule has 0 radical (unpaired) electrons. The van der Waals surface area contributed by atoms with Crippen LogP contribution >= 0.6 is 0 Å². The molecule has 1 fully saturated rings. The monoisotopic (exact) mass is 336 g/mol. The van der Waals surface area contributed by atoms with E-state index in [1.165, 1.54) is 5.56 Å². The van der Waals surface area contributed by atoms with Crippen molar-refractivity contribution in [3.63, 3.8) is 0 Å². The van der Waals surface area contributed by atoms with Gasteiger partial charge in [0.2, 0.25) is 11.7 Å². The second-order valence-corrected chi connectivity index (χ2v) is 6.00. The lowest BCUT2D eigenvalue weighted by atomic mass is 10.1. The summed E-state index contributed by atoms with van der Waals surface area (Å²) in [4.78, 5) is 11.2. The molecular weight excluding hydrogens is 316 g/mol. The highest BCUT2D eigenvalue weighted by Crippen LogP contribution is 2.21. The highest BCUT2D eigenvalue weighted by molar-refractivity contribution is 5.59. The van der Waals surface area contributed by atoms with E-state index in [-0.39, 0.29) is 0 Å². The first-order chi connectivity index (χ1) is 12.4. The zero-order chi connectivity index (χ0) is 16.9. The van der Waals surface area contributed by atoms with Crippen LogP contribution in [0.5, 0.6) is 0 Å². The molecule has 0 unspecified atom stereocenters. The SMILES string of the molecule is c1ccc(CCc2nc(-c3ccnc(N4CCOCC4)c3)no2)cc1. The number of morpholine rings is 1. The van der Waals surface area contributed by atoms with E-state index in [0.717, 1.165) is 50.5 Å². The van der Waals surface area contributed by atoms with E-state index < -0.39 is 0 Å². The summed E-state index contributed by atoms with van der Waals surface area (Å²) in [5.74, 6) is 2.19. The van der Waals surface area contributed by atoms with Gasteiger partial charge in [-0.3, -0.25) is 0 Å². The molecule has 6 nitrogen and oxygen atoms in total. The zero-order valence-corrected chi connectivity index (χ0v) is 14.0. The quantitative estimate of drug-likeness (QED) is 0.714. The lowest BCUT2D eigenvalue weighted by Gasteiger charge is -2.27. The van der Waals surface area contributed by atoms with Gasteiger partial charge in [0.1, 0.15) is 5.82 Å². The number of rotatable bonds is 5. The van der Waals surface area contributed by atoms with E-state index in [9.17, 15) is 0 Å². The van der Waals surface area contributed by atoms with Gasteiger partial charge in [-0.15, -0.1) is 0 Å². The molecule has 4 rings (SSSR count). The second-order valence-electron chi connectivity index (χ2n) is 6.00. The maximum Gasteiger partial charge on any atom is 0.227 e. The van der Waals surface area contributed by atoms with Crippen molar-refractivity contribution in [2.75, 3.05) is 31.2 Å². The largest absolute Gasteiger partial charge is 0.378 e. The summed E-state index contributed by atoms with van der Waals surface area (Å²) in [5.41, 5.74) is 2.19. The Morgan fingerprint density at radius 3 is 2.68 bits per heavy atom. The molecule has 2 aromatic heterocycles. The van der Waals surface area contributed by atoms with Crippen LogP contribution in [0.15, 0.2) is 53.2 Å². The first kappa shape index (κ1) is 15.8. The number of ether oxygens (including phenoxy) is 1. The summed E-state index contributed by atoms with van der Waals surface area (Å²) in [6.45, 7) is 3.17. The fourth-order valence-electron chi connectivity index (χ4n) is 2.89. The number of aryl methyl sites for hydroxylation is 2. The predicted molar refractivity (Wildman–Crippen MR) is 94.4 cm³/mol. The van der Waals surface area contributed by atoms with Crippen LogP contribution in [0.2, 0.25) is 0 Å². The molecule has 0 saturated carbocycles. The Balaban J connectivity index is 1.46. The molecule has 0 aliphatic carbocycles. The van der Waals surface area contributed by atoms with Gasteiger partial charge in [-0.05, 0) is 24.1 Å². The number of pyridine rings is 1. The Labute approximate surface area is 146 Å². The molecule has 0 bridgehead atoms. The number of benzene rings is 1. The third-order valence-electron chi connectivity index (χ3n) is 4.28. The van der Waals surface area contributed by atoms with E-state index in [4.69, 9.17) is 9.26 Å². The Bertz CT molecular complexity index is 813. The van der Waals surface area contributed by atoms with E-state index in [2.05, 4.69) is 32.2 Å². The lowest BCUT2D eigenvalue weighted by molar-refractivity contribution is 0.122. The lowest BCUT2D eigenvalue weighted by Crippen LogP contribution is -2.36. The van der Waals surface area contributed by atoms with Crippen molar-refractivity contribution in [3.05, 3.63) is 60.1 Å². The van der Waals surface area contributed by atoms with E-state index in [0.29, 0.717) is 11.7 Å². The topological polar surface area (TPSA) is 64.3 Å². The number of hydrogen-bond donors (Lipinski definition) is 0. The van der Waals surface area contributed by atoms with Gasteiger partial charge < -0.3 is 14.2 Å². The summed E-state index contributed by atoms with van der Waals surface area (Å²) in [6.07, 6.45) is 3.41. The molecular formula is C19H20N4O2. The minimum absolute atomic E-state index is 0.611. The number of hydrogen-bond acceptors (Lipinski definition) is 6. The Hall–Kier alpha value is -2.73. The average Bonchev–Trinajstić information content (AvgIpc) is 3.17. The van der Waals surface area contributed by atoms with Crippen molar-refractivity contribution in [1.29, 1.82) is 0 Å². The molecule has 128 valence electrons. The molecule has 0 amide bonds.